The molecule has 0 saturated heterocycles. The number of aromatic amines is 1. The van der Waals surface area contributed by atoms with Crippen LogP contribution in [0, 0.1) is 0 Å². The molecule has 2 N–H and O–H groups in total. The van der Waals surface area contributed by atoms with Crippen molar-refractivity contribution in [3.63, 3.8) is 0 Å². The maximum absolute atomic E-state index is 11.7. The second-order valence-electron chi connectivity index (χ2n) is 5.32. The van der Waals surface area contributed by atoms with Crippen LogP contribution in [0.5, 0.6) is 11.5 Å². The largest absolute Gasteiger partial charge is 0.494 e. The van der Waals surface area contributed by atoms with Crippen molar-refractivity contribution in [3.05, 3.63) is 53.3 Å². The van der Waals surface area contributed by atoms with Crippen LogP contribution in [0.2, 0.25) is 0 Å². The van der Waals surface area contributed by atoms with Crippen LogP contribution < -0.4 is 20.3 Å². The number of nitrogens with one attached hydrogen (secondary N) is 2. The molecule has 0 bridgehead atoms. The molecule has 0 saturated carbocycles. The van der Waals surface area contributed by atoms with Crippen molar-refractivity contribution >= 4 is 16.9 Å². The van der Waals surface area contributed by atoms with Crippen LogP contribution in [0.3, 0.4) is 0 Å². The van der Waals surface area contributed by atoms with E-state index >= 15 is 0 Å². The molecule has 1 aromatic carbocycles. The summed E-state index contributed by atoms with van der Waals surface area (Å²) in [5, 5.41) is 3.59. The first-order chi connectivity index (χ1) is 12.2. The van der Waals surface area contributed by atoms with Crippen molar-refractivity contribution in [2.24, 2.45) is 0 Å². The van der Waals surface area contributed by atoms with E-state index in [1.807, 2.05) is 6.07 Å². The molecule has 1 amide bonds. The highest BCUT2D eigenvalue weighted by Gasteiger charge is 2.07. The zero-order chi connectivity index (χ0) is 17.6. The van der Waals surface area contributed by atoms with Crippen LogP contribution in [0.4, 0.5) is 4.79 Å². The maximum atomic E-state index is 11.7. The second kappa shape index (κ2) is 7.52. The van der Waals surface area contributed by atoms with Crippen LogP contribution in [0.1, 0.15) is 6.42 Å². The molecule has 0 aliphatic rings. The van der Waals surface area contributed by atoms with Gasteiger partial charge in [0.25, 0.3) is 0 Å². The van der Waals surface area contributed by atoms with E-state index in [0.29, 0.717) is 36.6 Å². The molecule has 8 nitrogen and oxygen atoms in total. The summed E-state index contributed by atoms with van der Waals surface area (Å²) >= 11 is 0. The molecule has 0 radical (unpaired) electrons. The summed E-state index contributed by atoms with van der Waals surface area (Å²) in [6, 6.07) is 6.50. The van der Waals surface area contributed by atoms with Gasteiger partial charge in [0, 0.05) is 36.5 Å². The highest BCUT2D eigenvalue weighted by molar-refractivity contribution is 5.86. The van der Waals surface area contributed by atoms with Crippen molar-refractivity contribution < 1.29 is 14.3 Å². The zero-order valence-corrected chi connectivity index (χ0v) is 13.7. The Hall–Kier alpha value is -3.29. The van der Waals surface area contributed by atoms with E-state index in [1.165, 1.54) is 24.1 Å². The van der Waals surface area contributed by atoms with E-state index < -0.39 is 0 Å². The van der Waals surface area contributed by atoms with E-state index in [1.54, 1.807) is 24.5 Å². The van der Waals surface area contributed by atoms with Gasteiger partial charge < -0.3 is 19.8 Å². The number of amides is 1. The van der Waals surface area contributed by atoms with Gasteiger partial charge in [0.15, 0.2) is 0 Å². The maximum Gasteiger partial charge on any atom is 0.326 e. The Balaban J connectivity index is 1.55. The third-order valence-corrected chi connectivity index (χ3v) is 3.59. The minimum absolute atomic E-state index is 0.187. The Labute approximate surface area is 143 Å². The van der Waals surface area contributed by atoms with Gasteiger partial charge in [-0.25, -0.2) is 9.78 Å². The highest BCUT2D eigenvalue weighted by Crippen LogP contribution is 2.28. The van der Waals surface area contributed by atoms with Crippen LogP contribution in [0.25, 0.3) is 10.9 Å². The van der Waals surface area contributed by atoms with Crippen LogP contribution in [-0.4, -0.2) is 40.8 Å². The first-order valence-corrected chi connectivity index (χ1v) is 7.77. The Morgan fingerprint density at radius 2 is 2.24 bits per heavy atom. The van der Waals surface area contributed by atoms with Gasteiger partial charge in [-0.3, -0.25) is 9.36 Å². The first-order valence-electron chi connectivity index (χ1n) is 7.77. The van der Waals surface area contributed by atoms with Gasteiger partial charge in [-0.2, -0.15) is 0 Å². The number of ether oxygens (including phenoxy) is 2. The highest BCUT2D eigenvalue weighted by atomic mass is 16.5. The molecule has 0 unspecified atom stereocenters. The summed E-state index contributed by atoms with van der Waals surface area (Å²) in [5.74, 6) is 1.18. The lowest BCUT2D eigenvalue weighted by Gasteiger charge is -2.11. The molecule has 0 aliphatic carbocycles. The van der Waals surface area contributed by atoms with Gasteiger partial charge in [0.05, 0.1) is 19.2 Å². The van der Waals surface area contributed by atoms with Gasteiger partial charge in [-0.05, 0) is 18.6 Å². The summed E-state index contributed by atoms with van der Waals surface area (Å²) < 4.78 is 12.4. The van der Waals surface area contributed by atoms with Crippen molar-refractivity contribution in [2.45, 2.75) is 6.42 Å². The molecule has 3 rings (SSSR count). The van der Waals surface area contributed by atoms with Crippen LogP contribution in [0.15, 0.2) is 47.8 Å². The van der Waals surface area contributed by atoms with Crippen LogP contribution in [-0.2, 0) is 0 Å². The van der Waals surface area contributed by atoms with Gasteiger partial charge in [-0.15, -0.1) is 0 Å². The summed E-state index contributed by atoms with van der Waals surface area (Å²) in [6.45, 7) is 0.914. The molecule has 25 heavy (non-hydrogen) atoms. The van der Waals surface area contributed by atoms with Crippen LogP contribution >= 0.6 is 0 Å². The fourth-order valence-electron chi connectivity index (χ4n) is 2.38. The number of H-pyrrole nitrogens is 1. The molecule has 130 valence electrons. The minimum atomic E-state index is -0.228. The lowest BCUT2D eigenvalue weighted by molar-refractivity contribution is 0.240. The van der Waals surface area contributed by atoms with E-state index in [2.05, 4.69) is 15.3 Å². The number of imidazole rings is 1. The summed E-state index contributed by atoms with van der Waals surface area (Å²) in [5.41, 5.74) is 0.447. The number of fused-ring (bicyclic) bond motifs is 1. The molecule has 8 heteroatoms. The smallest absolute Gasteiger partial charge is 0.326 e. The molecule has 0 atom stereocenters. The number of rotatable bonds is 6. The number of nitrogens with zero attached hydrogens (tertiary/aromatic N) is 2. The molecule has 3 aromatic rings. The van der Waals surface area contributed by atoms with Gasteiger partial charge in [-0.1, -0.05) is 0 Å². The fraction of sp³-hybridized carbons (Fsp3) is 0.235. The summed E-state index contributed by atoms with van der Waals surface area (Å²) in [7, 11) is 1.54. The molecular formula is C17H18N4O4. The third-order valence-electron chi connectivity index (χ3n) is 3.59. The lowest BCUT2D eigenvalue weighted by atomic mass is 10.2. The standard InChI is InChI=1S/C17H18N4O4/c1-24-14-10-13(9-12-3-4-15(22)20-16(12)14)25-8-2-5-19-17(23)21-7-6-18-11-21/h3-4,6-7,9-11H,2,5,8H2,1H3,(H,19,23)(H,20,22). The number of hydrogen-bond acceptors (Lipinski definition) is 5. The molecule has 2 heterocycles. The number of pyridine rings is 1. The molecule has 0 spiro atoms. The zero-order valence-electron chi connectivity index (χ0n) is 13.7. The Morgan fingerprint density at radius 3 is 3.00 bits per heavy atom. The normalized spacial score (nSPS) is 10.6. The van der Waals surface area contributed by atoms with Crippen molar-refractivity contribution in [1.82, 2.24) is 19.9 Å². The molecule has 2 aromatic heterocycles. The quantitative estimate of drug-likeness (QED) is 0.665. The topological polar surface area (TPSA) is 98.2 Å². The molecule has 0 aliphatic heterocycles. The van der Waals surface area contributed by atoms with Crippen molar-refractivity contribution in [2.75, 3.05) is 20.3 Å². The van der Waals surface area contributed by atoms with Gasteiger partial charge >= 0.3 is 6.03 Å². The average Bonchev–Trinajstić information content (AvgIpc) is 3.15. The summed E-state index contributed by atoms with van der Waals surface area (Å²) in [4.78, 5) is 29.7. The van der Waals surface area contributed by atoms with E-state index in [4.69, 9.17) is 9.47 Å². The van der Waals surface area contributed by atoms with Crippen molar-refractivity contribution in [1.29, 1.82) is 0 Å². The van der Waals surface area contributed by atoms with E-state index in [0.717, 1.165) is 5.39 Å². The number of benzene rings is 1. The van der Waals surface area contributed by atoms with Gasteiger partial charge in [0.1, 0.15) is 17.8 Å². The molecular weight excluding hydrogens is 324 g/mol. The number of carbonyl (C=O) groups is 1. The minimum Gasteiger partial charge on any atom is -0.494 e. The Kier molecular flexibility index (Phi) is 4.98. The predicted octanol–water partition coefficient (Wildman–Crippen LogP) is 1.76. The fourth-order valence-corrected chi connectivity index (χ4v) is 2.38. The molecule has 0 fully saturated rings. The Morgan fingerprint density at radius 1 is 1.36 bits per heavy atom. The summed E-state index contributed by atoms with van der Waals surface area (Å²) in [6.07, 6.45) is 5.21. The number of aromatic nitrogens is 3. The monoisotopic (exact) mass is 342 g/mol. The van der Waals surface area contributed by atoms with Crippen molar-refractivity contribution in [3.8, 4) is 11.5 Å². The van der Waals surface area contributed by atoms with E-state index in [9.17, 15) is 9.59 Å². The SMILES string of the molecule is COc1cc(OCCCNC(=O)n2ccnc2)cc2ccc(=O)[nH]c12. The van der Waals surface area contributed by atoms with Gasteiger partial charge in [0.2, 0.25) is 5.56 Å². The average molecular weight is 342 g/mol. The van der Waals surface area contributed by atoms with E-state index in [-0.39, 0.29) is 11.6 Å². The third kappa shape index (κ3) is 3.97. The first kappa shape index (κ1) is 16.6. The number of hydrogen-bond donors (Lipinski definition) is 2. The number of carbonyl (C=O) groups excluding carboxylic acids is 1. The number of methoxy groups -OCH3 is 1. The predicted molar refractivity (Wildman–Crippen MR) is 92.3 cm³/mol. The second-order valence-corrected chi connectivity index (χ2v) is 5.32. The lowest BCUT2D eigenvalue weighted by Crippen LogP contribution is -2.29. The Bertz CT molecular complexity index is 918.